The van der Waals surface area contributed by atoms with Gasteiger partial charge in [0.2, 0.25) is 5.91 Å². The van der Waals surface area contributed by atoms with Crippen molar-refractivity contribution in [3.8, 4) is 0 Å². The van der Waals surface area contributed by atoms with Crippen LogP contribution >= 0.6 is 0 Å². The van der Waals surface area contributed by atoms with Crippen molar-refractivity contribution in [2.45, 2.75) is 51.2 Å². The topological polar surface area (TPSA) is 75.4 Å². The van der Waals surface area contributed by atoms with E-state index in [0.717, 1.165) is 25.7 Å². The summed E-state index contributed by atoms with van der Waals surface area (Å²) in [4.78, 5) is 11.6. The summed E-state index contributed by atoms with van der Waals surface area (Å²) >= 11 is 0. The zero-order valence-corrected chi connectivity index (χ0v) is 9.62. The van der Waals surface area contributed by atoms with E-state index < -0.39 is 11.6 Å². The number of amides is 1. The van der Waals surface area contributed by atoms with Crippen LogP contribution in [0.1, 0.15) is 39.5 Å². The average Bonchev–Trinajstić information content (AvgIpc) is 2.20. The van der Waals surface area contributed by atoms with Gasteiger partial charge >= 0.3 is 0 Å². The summed E-state index contributed by atoms with van der Waals surface area (Å²) in [6, 6.07) is -0.460. The van der Waals surface area contributed by atoms with Gasteiger partial charge < -0.3 is 16.2 Å². The first-order valence-electron chi connectivity index (χ1n) is 5.74. The summed E-state index contributed by atoms with van der Waals surface area (Å²) in [7, 11) is 0. The van der Waals surface area contributed by atoms with Crippen molar-refractivity contribution in [2.75, 3.05) is 6.54 Å². The maximum absolute atomic E-state index is 11.6. The van der Waals surface area contributed by atoms with Crippen molar-refractivity contribution in [2.24, 2.45) is 11.7 Å². The lowest BCUT2D eigenvalue weighted by Crippen LogP contribution is -2.52. The predicted molar refractivity (Wildman–Crippen MR) is 59.2 cm³/mol. The van der Waals surface area contributed by atoms with Crippen LogP contribution in [-0.4, -0.2) is 29.2 Å². The van der Waals surface area contributed by atoms with Crippen LogP contribution in [0.25, 0.3) is 0 Å². The summed E-state index contributed by atoms with van der Waals surface area (Å²) in [6.07, 6.45) is 3.50. The Balaban J connectivity index is 2.29. The van der Waals surface area contributed by atoms with Gasteiger partial charge in [0.1, 0.15) is 0 Å². The molecule has 0 saturated heterocycles. The van der Waals surface area contributed by atoms with E-state index in [1.54, 1.807) is 0 Å². The Morgan fingerprint density at radius 3 is 2.60 bits per heavy atom. The smallest absolute Gasteiger partial charge is 0.237 e. The Bertz CT molecular complexity index is 227. The van der Waals surface area contributed by atoms with E-state index in [1.165, 1.54) is 0 Å². The highest BCUT2D eigenvalue weighted by Crippen LogP contribution is 2.30. The average molecular weight is 214 g/mol. The van der Waals surface area contributed by atoms with Crippen LogP contribution < -0.4 is 11.1 Å². The van der Waals surface area contributed by atoms with Crippen LogP contribution in [0.3, 0.4) is 0 Å². The summed E-state index contributed by atoms with van der Waals surface area (Å²) in [5.41, 5.74) is 5.10. The van der Waals surface area contributed by atoms with E-state index in [1.807, 2.05) is 13.8 Å². The van der Waals surface area contributed by atoms with Gasteiger partial charge in [0.25, 0.3) is 0 Å². The second-order valence-electron chi connectivity index (χ2n) is 4.71. The van der Waals surface area contributed by atoms with Crippen LogP contribution in [0.15, 0.2) is 0 Å². The van der Waals surface area contributed by atoms with Crippen molar-refractivity contribution in [1.82, 2.24) is 5.32 Å². The lowest BCUT2D eigenvalue weighted by Gasteiger charge is -2.37. The van der Waals surface area contributed by atoms with Crippen molar-refractivity contribution in [1.29, 1.82) is 0 Å². The number of nitrogens with two attached hydrogens (primary N) is 1. The molecule has 4 heteroatoms. The van der Waals surface area contributed by atoms with E-state index in [4.69, 9.17) is 5.73 Å². The van der Waals surface area contributed by atoms with Gasteiger partial charge in [0, 0.05) is 6.54 Å². The van der Waals surface area contributed by atoms with Crippen molar-refractivity contribution in [3.05, 3.63) is 0 Å². The molecule has 88 valence electrons. The lowest BCUT2D eigenvalue weighted by molar-refractivity contribution is -0.125. The fraction of sp³-hybridized carbons (Fsp3) is 0.909. The zero-order valence-electron chi connectivity index (χ0n) is 9.62. The molecule has 1 aliphatic carbocycles. The molecule has 0 bridgehead atoms. The van der Waals surface area contributed by atoms with E-state index in [0.29, 0.717) is 6.54 Å². The van der Waals surface area contributed by atoms with Gasteiger partial charge in [0.15, 0.2) is 0 Å². The molecule has 2 atom stereocenters. The van der Waals surface area contributed by atoms with E-state index in [9.17, 15) is 9.90 Å². The predicted octanol–water partition coefficient (Wildman–Crippen LogP) is 0.391. The Morgan fingerprint density at radius 2 is 2.20 bits per heavy atom. The molecule has 1 rings (SSSR count). The number of carbonyl (C=O) groups is 1. The first-order chi connectivity index (χ1) is 6.98. The minimum Gasteiger partial charge on any atom is -0.388 e. The second-order valence-corrected chi connectivity index (χ2v) is 4.71. The number of nitrogens with one attached hydrogen (secondary N) is 1. The monoisotopic (exact) mass is 214 g/mol. The fourth-order valence-electron chi connectivity index (χ4n) is 1.64. The Kier molecular flexibility index (Phi) is 4.11. The summed E-state index contributed by atoms with van der Waals surface area (Å²) < 4.78 is 0. The number of hydrogen-bond donors (Lipinski definition) is 3. The largest absolute Gasteiger partial charge is 0.388 e. The molecule has 4 nitrogen and oxygen atoms in total. The SMILES string of the molecule is CCC(C)C(N)C(=O)NCC1(O)CCC1. The Hall–Kier alpha value is -0.610. The molecule has 0 radical (unpaired) electrons. The molecule has 2 unspecified atom stereocenters. The van der Waals surface area contributed by atoms with Crippen molar-refractivity contribution >= 4 is 5.91 Å². The molecular formula is C11H22N2O2. The maximum atomic E-state index is 11.6. The van der Waals surface area contributed by atoms with Gasteiger partial charge in [-0.3, -0.25) is 4.79 Å². The third-order valence-corrected chi connectivity index (χ3v) is 3.44. The summed E-state index contributed by atoms with van der Waals surface area (Å²) in [6.45, 7) is 4.32. The molecule has 0 aromatic carbocycles. The molecular weight excluding hydrogens is 192 g/mol. The highest BCUT2D eigenvalue weighted by molar-refractivity contribution is 5.81. The summed E-state index contributed by atoms with van der Waals surface area (Å²) in [5.74, 6) is 0.0331. The maximum Gasteiger partial charge on any atom is 0.237 e. The number of carbonyl (C=O) groups excluding carboxylic acids is 1. The third kappa shape index (κ3) is 3.18. The normalized spacial score (nSPS) is 22.7. The number of rotatable bonds is 5. The van der Waals surface area contributed by atoms with Crippen molar-refractivity contribution < 1.29 is 9.90 Å². The highest BCUT2D eigenvalue weighted by Gasteiger charge is 2.35. The first-order valence-corrected chi connectivity index (χ1v) is 5.74. The lowest BCUT2D eigenvalue weighted by atomic mass is 9.80. The molecule has 1 amide bonds. The van der Waals surface area contributed by atoms with Gasteiger partial charge in [-0.2, -0.15) is 0 Å². The molecule has 1 fully saturated rings. The minimum absolute atomic E-state index is 0.148. The molecule has 15 heavy (non-hydrogen) atoms. The van der Waals surface area contributed by atoms with Gasteiger partial charge in [-0.05, 0) is 25.2 Å². The summed E-state index contributed by atoms with van der Waals surface area (Å²) in [5, 5.41) is 12.5. The molecule has 0 aromatic heterocycles. The molecule has 1 aliphatic rings. The highest BCUT2D eigenvalue weighted by atomic mass is 16.3. The number of aliphatic hydroxyl groups is 1. The number of hydrogen-bond acceptors (Lipinski definition) is 3. The van der Waals surface area contributed by atoms with Gasteiger partial charge in [0.05, 0.1) is 11.6 Å². The van der Waals surface area contributed by atoms with E-state index in [2.05, 4.69) is 5.32 Å². The Labute approximate surface area is 91.2 Å². The fourth-order valence-corrected chi connectivity index (χ4v) is 1.64. The van der Waals surface area contributed by atoms with Crippen LogP contribution in [0.4, 0.5) is 0 Å². The van der Waals surface area contributed by atoms with Crippen LogP contribution in [-0.2, 0) is 4.79 Å². The molecule has 0 aliphatic heterocycles. The Morgan fingerprint density at radius 1 is 1.60 bits per heavy atom. The van der Waals surface area contributed by atoms with Crippen LogP contribution in [0, 0.1) is 5.92 Å². The minimum atomic E-state index is -0.662. The van der Waals surface area contributed by atoms with E-state index >= 15 is 0 Å². The molecule has 0 aromatic rings. The van der Waals surface area contributed by atoms with Crippen molar-refractivity contribution in [3.63, 3.8) is 0 Å². The standard InChI is InChI=1S/C11H22N2O2/c1-3-8(2)9(12)10(14)13-7-11(15)5-4-6-11/h8-9,15H,3-7,12H2,1-2H3,(H,13,14). The van der Waals surface area contributed by atoms with Crippen LogP contribution in [0.2, 0.25) is 0 Å². The molecule has 0 spiro atoms. The zero-order chi connectivity index (χ0) is 11.5. The van der Waals surface area contributed by atoms with Gasteiger partial charge in [-0.25, -0.2) is 0 Å². The first kappa shape index (κ1) is 12.5. The van der Waals surface area contributed by atoms with E-state index in [-0.39, 0.29) is 11.8 Å². The second kappa shape index (κ2) is 4.94. The van der Waals surface area contributed by atoms with Crippen LogP contribution in [0.5, 0.6) is 0 Å². The third-order valence-electron chi connectivity index (χ3n) is 3.44. The molecule has 4 N–H and O–H groups in total. The van der Waals surface area contributed by atoms with Gasteiger partial charge in [-0.1, -0.05) is 20.3 Å². The molecule has 0 heterocycles. The van der Waals surface area contributed by atoms with Gasteiger partial charge in [-0.15, -0.1) is 0 Å². The molecule has 1 saturated carbocycles. The quantitative estimate of drug-likeness (QED) is 0.619.